The van der Waals surface area contributed by atoms with Gasteiger partial charge in [0.1, 0.15) is 34.3 Å². The summed E-state index contributed by atoms with van der Waals surface area (Å²) in [5.74, 6) is -1.70. The average molecular weight is 484 g/mol. The van der Waals surface area contributed by atoms with Gasteiger partial charge in [0.25, 0.3) is 12.3 Å². The second kappa shape index (κ2) is 7.92. The van der Waals surface area contributed by atoms with Crippen LogP contribution in [-0.4, -0.2) is 30.7 Å². The van der Waals surface area contributed by atoms with E-state index in [1.54, 1.807) is 19.9 Å². The van der Waals surface area contributed by atoms with Crippen LogP contribution in [0.4, 0.5) is 18.9 Å². The Morgan fingerprint density at radius 2 is 2.06 bits per heavy atom. The number of anilines is 1. The minimum Gasteiger partial charge on any atom is -0.487 e. The fraction of sp³-hybridized carbons (Fsp3) is 0.300. The molecule has 2 aromatic heterocycles. The van der Waals surface area contributed by atoms with Crippen molar-refractivity contribution in [1.82, 2.24) is 14.4 Å². The maximum atomic E-state index is 13.6. The van der Waals surface area contributed by atoms with Crippen molar-refractivity contribution in [2.45, 2.75) is 30.7 Å². The van der Waals surface area contributed by atoms with Gasteiger partial charge >= 0.3 is 0 Å². The van der Waals surface area contributed by atoms with Gasteiger partial charge in [0.05, 0.1) is 5.56 Å². The van der Waals surface area contributed by atoms with E-state index in [1.165, 1.54) is 17.8 Å². The van der Waals surface area contributed by atoms with E-state index in [1.807, 2.05) is 0 Å². The number of sulfonamides is 1. The van der Waals surface area contributed by atoms with E-state index in [-0.39, 0.29) is 34.3 Å². The van der Waals surface area contributed by atoms with Gasteiger partial charge in [-0.2, -0.15) is 4.72 Å². The minimum atomic E-state index is -4.16. The number of ether oxygens (including phenoxy) is 1. The maximum Gasteiger partial charge on any atom is 0.276 e. The Labute approximate surface area is 186 Å². The summed E-state index contributed by atoms with van der Waals surface area (Å²) in [7, 11) is -2.73. The first kappa shape index (κ1) is 22.9. The molecule has 2 N–H and O–H groups in total. The molecule has 1 aliphatic rings. The highest BCUT2D eigenvalue weighted by Gasteiger charge is 2.42. The predicted molar refractivity (Wildman–Crippen MR) is 109 cm³/mol. The number of amides is 1. The molecule has 4 rings (SSSR count). The fourth-order valence-corrected chi connectivity index (χ4v) is 5.06. The van der Waals surface area contributed by atoms with Crippen molar-refractivity contribution in [3.63, 3.8) is 0 Å². The van der Waals surface area contributed by atoms with Crippen LogP contribution in [-0.2, 0) is 22.6 Å². The Kier molecular flexibility index (Phi) is 5.48. The number of carbonyl (C=O) groups excluding carboxylic acids is 1. The van der Waals surface area contributed by atoms with Crippen LogP contribution in [0.15, 0.2) is 39.9 Å². The Morgan fingerprint density at radius 1 is 1.33 bits per heavy atom. The minimum absolute atomic E-state index is 0.0934. The zero-order valence-electron chi connectivity index (χ0n) is 17.6. The molecule has 9 nitrogen and oxygen atoms in total. The number of halogens is 3. The van der Waals surface area contributed by atoms with Gasteiger partial charge in [0.2, 0.25) is 10.0 Å². The number of benzene rings is 1. The van der Waals surface area contributed by atoms with Crippen LogP contribution >= 0.6 is 0 Å². The molecular formula is C20H19F3N4O5S. The lowest BCUT2D eigenvalue weighted by Gasteiger charge is -2.25. The van der Waals surface area contributed by atoms with Gasteiger partial charge in [0, 0.05) is 25.0 Å². The molecule has 3 heterocycles. The van der Waals surface area contributed by atoms with Crippen molar-refractivity contribution in [3.05, 3.63) is 59.0 Å². The van der Waals surface area contributed by atoms with E-state index in [0.717, 1.165) is 18.2 Å². The molecule has 0 fully saturated rings. The fourth-order valence-electron chi connectivity index (χ4n) is 3.50. The molecule has 0 aliphatic carbocycles. The van der Waals surface area contributed by atoms with Crippen molar-refractivity contribution < 1.29 is 35.6 Å². The summed E-state index contributed by atoms with van der Waals surface area (Å²) < 4.78 is 80.3. The zero-order chi connectivity index (χ0) is 24.1. The van der Waals surface area contributed by atoms with Crippen molar-refractivity contribution in [2.24, 2.45) is 7.05 Å². The molecule has 1 aliphatic heterocycles. The molecular weight excluding hydrogens is 465 g/mol. The number of nitrogens with zero attached hydrogens (tertiary/aromatic N) is 2. The third-order valence-electron chi connectivity index (χ3n) is 5.15. The number of alkyl halides is 2. The lowest BCUT2D eigenvalue weighted by Crippen LogP contribution is -2.46. The van der Waals surface area contributed by atoms with Crippen LogP contribution in [0, 0.1) is 12.7 Å². The predicted octanol–water partition coefficient (Wildman–Crippen LogP) is 3.24. The van der Waals surface area contributed by atoms with Gasteiger partial charge < -0.3 is 19.1 Å². The van der Waals surface area contributed by atoms with Gasteiger partial charge in [0.15, 0.2) is 11.4 Å². The topological polar surface area (TPSA) is 115 Å². The Hall–Kier alpha value is -3.32. The van der Waals surface area contributed by atoms with Crippen LogP contribution in [0.1, 0.15) is 40.9 Å². The molecule has 0 radical (unpaired) electrons. The van der Waals surface area contributed by atoms with Gasteiger partial charge in [-0.1, -0.05) is 5.16 Å². The summed E-state index contributed by atoms with van der Waals surface area (Å²) >= 11 is 0. The first-order valence-corrected chi connectivity index (χ1v) is 11.1. The molecule has 1 aromatic carbocycles. The molecule has 33 heavy (non-hydrogen) atoms. The van der Waals surface area contributed by atoms with Crippen LogP contribution < -0.4 is 14.8 Å². The second-order valence-corrected chi connectivity index (χ2v) is 9.47. The molecule has 176 valence electrons. The average Bonchev–Trinajstić information content (AvgIpc) is 3.29. The molecule has 1 amide bonds. The number of carbonyl (C=O) groups is 1. The molecule has 0 bridgehead atoms. The van der Waals surface area contributed by atoms with E-state index in [0.29, 0.717) is 5.76 Å². The number of aryl methyl sites for hydroxylation is 2. The highest BCUT2D eigenvalue weighted by Crippen LogP contribution is 2.37. The normalized spacial score (nSPS) is 19.6. The van der Waals surface area contributed by atoms with Crippen LogP contribution in [0.3, 0.4) is 0 Å². The highest BCUT2D eigenvalue weighted by molar-refractivity contribution is 7.89. The number of hydrogen-bond donors (Lipinski definition) is 2. The summed E-state index contributed by atoms with van der Waals surface area (Å²) in [5.41, 5.74) is -2.14. The molecule has 0 saturated heterocycles. The van der Waals surface area contributed by atoms with E-state index >= 15 is 0 Å². The first-order chi connectivity index (χ1) is 15.4. The van der Waals surface area contributed by atoms with Crippen molar-refractivity contribution in [2.75, 3.05) is 11.9 Å². The van der Waals surface area contributed by atoms with E-state index in [4.69, 9.17) is 9.26 Å². The number of rotatable bonds is 4. The quantitative estimate of drug-likeness (QED) is 0.588. The third kappa shape index (κ3) is 4.09. The van der Waals surface area contributed by atoms with Crippen LogP contribution in [0.5, 0.6) is 5.75 Å². The second-order valence-electron chi connectivity index (χ2n) is 7.82. The Balaban J connectivity index is 1.70. The Morgan fingerprint density at radius 3 is 2.70 bits per heavy atom. The SMILES string of the molecule is Cc1cc(C2(C)COc3c(cn(C)c3C(=O)Nc3ccc(F)c(C(F)F)c3)S(=O)(=O)N2)no1. The lowest BCUT2D eigenvalue weighted by atomic mass is 10.0. The summed E-state index contributed by atoms with van der Waals surface area (Å²) in [6.07, 6.45) is -1.88. The largest absolute Gasteiger partial charge is 0.487 e. The maximum absolute atomic E-state index is 13.6. The number of hydrogen-bond acceptors (Lipinski definition) is 6. The smallest absolute Gasteiger partial charge is 0.276 e. The summed E-state index contributed by atoms with van der Waals surface area (Å²) in [6.45, 7) is 2.98. The van der Waals surface area contributed by atoms with Gasteiger partial charge in [-0.15, -0.1) is 0 Å². The highest BCUT2D eigenvalue weighted by atomic mass is 32.2. The molecule has 13 heteroatoms. The zero-order valence-corrected chi connectivity index (χ0v) is 18.5. The molecule has 1 unspecified atom stereocenters. The Bertz CT molecular complexity index is 1350. The number of nitrogens with one attached hydrogen (secondary N) is 2. The van der Waals surface area contributed by atoms with E-state index in [9.17, 15) is 26.4 Å². The van der Waals surface area contributed by atoms with E-state index in [2.05, 4.69) is 15.2 Å². The molecule has 1 atom stereocenters. The number of aromatic nitrogens is 2. The van der Waals surface area contributed by atoms with E-state index < -0.39 is 39.3 Å². The molecule has 0 saturated carbocycles. The monoisotopic (exact) mass is 484 g/mol. The lowest BCUT2D eigenvalue weighted by molar-refractivity contribution is 0.101. The molecule has 3 aromatic rings. The van der Waals surface area contributed by atoms with Crippen molar-refractivity contribution in [1.29, 1.82) is 0 Å². The molecule has 0 spiro atoms. The number of fused-ring (bicyclic) bond motifs is 1. The van der Waals surface area contributed by atoms with Crippen molar-refractivity contribution in [3.8, 4) is 5.75 Å². The standard InChI is InChI=1S/C20H19F3N4O5S/c1-10-6-15(25-32-10)20(2)9-31-17-14(33(29,30)26-20)8-27(3)16(17)19(28)24-11-4-5-13(21)12(7-11)18(22)23/h4-8,18,26H,9H2,1-3H3,(H,24,28). The van der Waals surface area contributed by atoms with Crippen molar-refractivity contribution >= 4 is 21.6 Å². The van der Waals surface area contributed by atoms with Crippen LogP contribution in [0.25, 0.3) is 0 Å². The van der Waals surface area contributed by atoms with Gasteiger partial charge in [-0.05, 0) is 32.0 Å². The first-order valence-electron chi connectivity index (χ1n) is 9.60. The summed E-state index contributed by atoms with van der Waals surface area (Å²) in [6, 6.07) is 4.29. The van der Waals surface area contributed by atoms with Gasteiger partial charge in [-0.25, -0.2) is 21.6 Å². The van der Waals surface area contributed by atoms with Gasteiger partial charge in [-0.3, -0.25) is 4.79 Å². The summed E-state index contributed by atoms with van der Waals surface area (Å²) in [5, 5.41) is 6.25. The van der Waals surface area contributed by atoms with Crippen LogP contribution in [0.2, 0.25) is 0 Å². The third-order valence-corrected chi connectivity index (χ3v) is 6.74. The summed E-state index contributed by atoms with van der Waals surface area (Å²) in [4.78, 5) is 12.7.